The Bertz CT molecular complexity index is 733. The Morgan fingerprint density at radius 2 is 2.05 bits per heavy atom. The first-order valence-corrected chi connectivity index (χ1v) is 6.72. The fourth-order valence-corrected chi connectivity index (χ4v) is 2.94. The van der Waals surface area contributed by atoms with Gasteiger partial charge in [-0.05, 0) is 34.5 Å². The molecule has 0 atom stereocenters. The van der Waals surface area contributed by atoms with Crippen LogP contribution in [0.3, 0.4) is 0 Å². The van der Waals surface area contributed by atoms with Crippen LogP contribution in [0.15, 0.2) is 48.0 Å². The number of Topliss-reactive ketones (excluding diaryl/α,β-unsaturated/α-hetero) is 1. The fourth-order valence-electron chi connectivity index (χ4n) is 1.97. The molecule has 94 valence electrons. The van der Waals surface area contributed by atoms with Gasteiger partial charge in [-0.1, -0.05) is 18.2 Å². The minimum atomic E-state index is -0.433. The lowest BCUT2D eigenvalue weighted by Gasteiger charge is -2.00. The van der Waals surface area contributed by atoms with E-state index in [9.17, 15) is 9.18 Å². The molecule has 2 aromatic heterocycles. The summed E-state index contributed by atoms with van der Waals surface area (Å²) in [6.07, 6.45) is 1.36. The molecule has 0 N–H and O–H groups in total. The zero-order valence-corrected chi connectivity index (χ0v) is 10.8. The molecular weight excluding hydrogens is 261 g/mol. The maximum Gasteiger partial charge on any atom is 0.185 e. The van der Waals surface area contributed by atoms with Crippen LogP contribution in [-0.2, 0) is 6.42 Å². The predicted octanol–water partition coefficient (Wildman–Crippen LogP) is 3.86. The van der Waals surface area contributed by atoms with Gasteiger partial charge in [-0.3, -0.25) is 9.78 Å². The van der Waals surface area contributed by atoms with Crippen molar-refractivity contribution < 1.29 is 9.18 Å². The third-order valence-electron chi connectivity index (χ3n) is 2.93. The van der Waals surface area contributed by atoms with E-state index in [2.05, 4.69) is 4.98 Å². The van der Waals surface area contributed by atoms with Gasteiger partial charge >= 0.3 is 0 Å². The minimum absolute atomic E-state index is 0.0939. The van der Waals surface area contributed by atoms with E-state index in [4.69, 9.17) is 0 Å². The molecule has 0 saturated heterocycles. The molecule has 3 aromatic rings. The Morgan fingerprint density at radius 1 is 1.21 bits per heavy atom. The molecule has 0 bridgehead atoms. The molecule has 0 saturated carbocycles. The second-order valence-electron chi connectivity index (χ2n) is 4.22. The first kappa shape index (κ1) is 12.0. The molecule has 2 nitrogen and oxygen atoms in total. The number of thiophene rings is 1. The lowest BCUT2D eigenvalue weighted by atomic mass is 10.1. The zero-order valence-electron chi connectivity index (χ0n) is 9.97. The van der Waals surface area contributed by atoms with Crippen molar-refractivity contribution in [2.45, 2.75) is 6.42 Å². The van der Waals surface area contributed by atoms with Gasteiger partial charge in [0.25, 0.3) is 0 Å². The number of fused-ring (bicyclic) bond motifs is 1. The molecule has 0 amide bonds. The standard InChI is InChI=1S/C15H10FNOS/c16-11-5-6-13(17-8-11)14(18)7-10-9-19-15-4-2-1-3-12(10)15/h1-6,8-9H,7H2. The van der Waals surface area contributed by atoms with Crippen molar-refractivity contribution in [1.29, 1.82) is 0 Å². The largest absolute Gasteiger partial charge is 0.292 e. The first-order chi connectivity index (χ1) is 9.24. The van der Waals surface area contributed by atoms with Crippen LogP contribution in [0.2, 0.25) is 0 Å². The first-order valence-electron chi connectivity index (χ1n) is 5.84. The van der Waals surface area contributed by atoms with Gasteiger partial charge in [-0.15, -0.1) is 11.3 Å². The summed E-state index contributed by atoms with van der Waals surface area (Å²) in [5.74, 6) is -0.527. The zero-order chi connectivity index (χ0) is 13.2. The van der Waals surface area contributed by atoms with Gasteiger partial charge in [0.1, 0.15) is 11.5 Å². The van der Waals surface area contributed by atoms with Gasteiger partial charge in [-0.2, -0.15) is 0 Å². The Morgan fingerprint density at radius 3 is 2.84 bits per heavy atom. The number of rotatable bonds is 3. The molecule has 0 aliphatic carbocycles. The molecular formula is C15H10FNOS. The Labute approximate surface area is 113 Å². The van der Waals surface area contributed by atoms with Crippen molar-refractivity contribution in [3.05, 3.63) is 65.0 Å². The number of ketones is 1. The van der Waals surface area contributed by atoms with Gasteiger partial charge in [0.2, 0.25) is 0 Å². The number of carbonyl (C=O) groups is 1. The molecule has 19 heavy (non-hydrogen) atoms. The molecule has 0 aliphatic heterocycles. The van der Waals surface area contributed by atoms with Crippen molar-refractivity contribution in [2.75, 3.05) is 0 Å². The number of hydrogen-bond donors (Lipinski definition) is 0. The average molecular weight is 271 g/mol. The number of halogens is 1. The van der Waals surface area contributed by atoms with E-state index in [1.807, 2.05) is 29.6 Å². The van der Waals surface area contributed by atoms with E-state index in [0.29, 0.717) is 12.1 Å². The lowest BCUT2D eigenvalue weighted by molar-refractivity contribution is 0.0988. The van der Waals surface area contributed by atoms with Crippen LogP contribution >= 0.6 is 11.3 Å². The van der Waals surface area contributed by atoms with E-state index in [1.54, 1.807) is 11.3 Å². The minimum Gasteiger partial charge on any atom is -0.292 e. The van der Waals surface area contributed by atoms with E-state index in [1.165, 1.54) is 12.1 Å². The van der Waals surface area contributed by atoms with Gasteiger partial charge in [0, 0.05) is 11.1 Å². The highest BCUT2D eigenvalue weighted by atomic mass is 32.1. The summed E-state index contributed by atoms with van der Waals surface area (Å²) < 4.78 is 13.9. The van der Waals surface area contributed by atoms with Crippen LogP contribution < -0.4 is 0 Å². The molecule has 0 unspecified atom stereocenters. The summed E-state index contributed by atoms with van der Waals surface area (Å²) in [6, 6.07) is 10.7. The van der Waals surface area contributed by atoms with E-state index < -0.39 is 5.82 Å². The summed E-state index contributed by atoms with van der Waals surface area (Å²) in [5, 5.41) is 3.09. The van der Waals surface area contributed by atoms with Crippen LogP contribution in [0.5, 0.6) is 0 Å². The topological polar surface area (TPSA) is 30.0 Å². The number of pyridine rings is 1. The highest BCUT2D eigenvalue weighted by Crippen LogP contribution is 2.26. The summed E-state index contributed by atoms with van der Waals surface area (Å²) in [6.45, 7) is 0. The van der Waals surface area contributed by atoms with Crippen molar-refractivity contribution in [3.63, 3.8) is 0 Å². The fraction of sp³-hybridized carbons (Fsp3) is 0.0667. The summed E-state index contributed by atoms with van der Waals surface area (Å²) >= 11 is 1.62. The number of carbonyl (C=O) groups excluding carboxylic acids is 1. The summed E-state index contributed by atoms with van der Waals surface area (Å²) in [4.78, 5) is 15.9. The second kappa shape index (κ2) is 4.90. The van der Waals surface area contributed by atoms with Gasteiger partial charge in [0.05, 0.1) is 6.20 Å². The number of nitrogens with zero attached hydrogens (tertiary/aromatic N) is 1. The normalized spacial score (nSPS) is 10.8. The van der Waals surface area contributed by atoms with E-state index >= 15 is 0 Å². The third-order valence-corrected chi connectivity index (χ3v) is 3.94. The monoisotopic (exact) mass is 271 g/mol. The molecule has 3 rings (SSSR count). The average Bonchev–Trinajstić information content (AvgIpc) is 2.83. The Kier molecular flexibility index (Phi) is 3.09. The number of hydrogen-bond acceptors (Lipinski definition) is 3. The highest BCUT2D eigenvalue weighted by Gasteiger charge is 2.11. The lowest BCUT2D eigenvalue weighted by Crippen LogP contribution is -2.05. The number of aromatic nitrogens is 1. The molecule has 2 heterocycles. The van der Waals surface area contributed by atoms with Crippen LogP contribution in [0.4, 0.5) is 4.39 Å². The van der Waals surface area contributed by atoms with Crippen molar-refractivity contribution in [1.82, 2.24) is 4.98 Å². The van der Waals surface area contributed by atoms with Gasteiger partial charge in [0.15, 0.2) is 5.78 Å². The predicted molar refractivity (Wildman–Crippen MR) is 74.1 cm³/mol. The maximum absolute atomic E-state index is 12.8. The van der Waals surface area contributed by atoms with Gasteiger partial charge < -0.3 is 0 Å². The Balaban J connectivity index is 1.89. The maximum atomic E-state index is 12.8. The molecule has 0 radical (unpaired) electrons. The molecule has 0 aliphatic rings. The molecule has 1 aromatic carbocycles. The summed E-state index contributed by atoms with van der Waals surface area (Å²) in [7, 11) is 0. The van der Waals surface area contributed by atoms with Crippen LogP contribution in [0.25, 0.3) is 10.1 Å². The highest BCUT2D eigenvalue weighted by molar-refractivity contribution is 7.17. The smallest absolute Gasteiger partial charge is 0.185 e. The van der Waals surface area contributed by atoms with Crippen LogP contribution in [-0.4, -0.2) is 10.8 Å². The molecule has 4 heteroatoms. The quantitative estimate of drug-likeness (QED) is 0.677. The van der Waals surface area contributed by atoms with Crippen LogP contribution in [0.1, 0.15) is 16.1 Å². The summed E-state index contributed by atoms with van der Waals surface area (Å²) in [5.41, 5.74) is 1.30. The SMILES string of the molecule is O=C(Cc1csc2ccccc12)c1ccc(F)cn1. The van der Waals surface area contributed by atoms with E-state index in [-0.39, 0.29) is 5.78 Å². The van der Waals surface area contributed by atoms with Crippen molar-refractivity contribution in [3.8, 4) is 0 Å². The van der Waals surface area contributed by atoms with Crippen LogP contribution in [0, 0.1) is 5.82 Å². The van der Waals surface area contributed by atoms with Crippen molar-refractivity contribution >= 4 is 27.2 Å². The second-order valence-corrected chi connectivity index (χ2v) is 5.13. The third kappa shape index (κ3) is 2.39. The number of benzene rings is 1. The Hall–Kier alpha value is -2.07. The van der Waals surface area contributed by atoms with Gasteiger partial charge in [-0.25, -0.2) is 4.39 Å². The molecule has 0 fully saturated rings. The molecule has 0 spiro atoms. The van der Waals surface area contributed by atoms with Crippen molar-refractivity contribution in [2.24, 2.45) is 0 Å². The van der Waals surface area contributed by atoms with E-state index in [0.717, 1.165) is 21.8 Å².